The molecular weight excluding hydrogens is 242 g/mol. The van der Waals surface area contributed by atoms with E-state index in [-0.39, 0.29) is 0 Å². The lowest BCUT2D eigenvalue weighted by molar-refractivity contribution is 0.110. The molecule has 4 heteroatoms. The van der Waals surface area contributed by atoms with Gasteiger partial charge in [0.15, 0.2) is 0 Å². The Morgan fingerprint density at radius 3 is 2.94 bits per heavy atom. The van der Waals surface area contributed by atoms with Gasteiger partial charge < -0.3 is 5.32 Å². The van der Waals surface area contributed by atoms with Crippen LogP contribution in [0.15, 0.2) is 12.3 Å². The third-order valence-corrected chi connectivity index (χ3v) is 5.13. The van der Waals surface area contributed by atoms with E-state index in [9.17, 15) is 0 Å². The highest BCUT2D eigenvalue weighted by atomic mass is 32.1. The average molecular weight is 263 g/mol. The minimum atomic E-state index is 0.674. The van der Waals surface area contributed by atoms with Crippen LogP contribution in [0.3, 0.4) is 0 Å². The molecule has 1 fully saturated rings. The van der Waals surface area contributed by atoms with Crippen molar-refractivity contribution in [3.05, 3.63) is 22.2 Å². The Balaban J connectivity index is 1.66. The van der Waals surface area contributed by atoms with Gasteiger partial charge in [0.05, 0.1) is 9.88 Å². The summed E-state index contributed by atoms with van der Waals surface area (Å²) in [5, 5.41) is 4.69. The number of hydrogen-bond donors (Lipinski definition) is 1. The maximum absolute atomic E-state index is 4.64. The van der Waals surface area contributed by atoms with Crippen LogP contribution in [0.25, 0.3) is 5.57 Å². The van der Waals surface area contributed by atoms with Gasteiger partial charge >= 0.3 is 0 Å². The lowest BCUT2D eigenvalue weighted by Crippen LogP contribution is -2.48. The van der Waals surface area contributed by atoms with Crippen molar-refractivity contribution in [3.8, 4) is 0 Å². The molecule has 0 amide bonds. The first-order valence-corrected chi connectivity index (χ1v) is 7.65. The molecule has 3 nitrogen and oxygen atoms in total. The number of likely N-dealkylation sites (tertiary alicyclic amines) is 1. The van der Waals surface area contributed by atoms with Gasteiger partial charge in [-0.05, 0) is 32.4 Å². The number of nitrogens with zero attached hydrogens (tertiary/aromatic N) is 2. The zero-order chi connectivity index (χ0) is 12.5. The number of nitrogens with one attached hydrogen (secondary N) is 1. The molecule has 0 radical (unpaired) electrons. The first kappa shape index (κ1) is 12.3. The third kappa shape index (κ3) is 2.37. The van der Waals surface area contributed by atoms with Crippen LogP contribution in [-0.2, 0) is 0 Å². The summed E-state index contributed by atoms with van der Waals surface area (Å²) in [5.74, 6) is 0.675. The van der Waals surface area contributed by atoms with Crippen molar-refractivity contribution in [2.45, 2.75) is 32.2 Å². The average Bonchev–Trinajstić information content (AvgIpc) is 2.77. The van der Waals surface area contributed by atoms with E-state index in [1.165, 1.54) is 28.5 Å². The number of aromatic nitrogens is 1. The zero-order valence-electron chi connectivity index (χ0n) is 11.1. The van der Waals surface area contributed by atoms with Crippen molar-refractivity contribution < 1.29 is 0 Å². The fourth-order valence-electron chi connectivity index (χ4n) is 2.56. The predicted molar refractivity (Wildman–Crippen MR) is 77.0 cm³/mol. The van der Waals surface area contributed by atoms with Crippen molar-refractivity contribution >= 4 is 16.9 Å². The molecule has 1 N–H and O–H groups in total. The van der Waals surface area contributed by atoms with Crippen LogP contribution >= 0.6 is 11.3 Å². The molecule has 0 aliphatic carbocycles. The van der Waals surface area contributed by atoms with Crippen LogP contribution < -0.4 is 5.32 Å². The molecule has 2 aliphatic heterocycles. The van der Waals surface area contributed by atoms with E-state index in [0.29, 0.717) is 12.0 Å². The molecule has 1 aromatic rings. The molecule has 0 atom stereocenters. The molecule has 1 saturated heterocycles. The summed E-state index contributed by atoms with van der Waals surface area (Å²) < 4.78 is 0. The zero-order valence-corrected chi connectivity index (χ0v) is 12.0. The maximum atomic E-state index is 4.64. The summed E-state index contributed by atoms with van der Waals surface area (Å²) in [6, 6.07) is 0.674. The Bertz CT molecular complexity index is 444. The lowest BCUT2D eigenvalue weighted by Gasteiger charge is -2.41. The standard InChI is InChI=1S/C14H21N3S/c1-10(2)17-8-12(9-17)14-16-7-13(18-14)11-3-5-15-6-4-11/h3,7,10,12,15H,4-6,8-9H2,1-2H3. The van der Waals surface area contributed by atoms with Crippen LogP contribution in [0, 0.1) is 0 Å². The van der Waals surface area contributed by atoms with Gasteiger partial charge in [0.1, 0.15) is 0 Å². The first-order valence-electron chi connectivity index (χ1n) is 6.84. The van der Waals surface area contributed by atoms with Gasteiger partial charge in [-0.2, -0.15) is 0 Å². The van der Waals surface area contributed by atoms with Crippen LogP contribution in [0.4, 0.5) is 0 Å². The Labute approximate surface area is 113 Å². The second-order valence-electron chi connectivity index (χ2n) is 5.49. The molecule has 0 spiro atoms. The second kappa shape index (κ2) is 5.11. The SMILES string of the molecule is CC(C)N1CC(c2ncc(C3=CCNCC3)s2)C1. The summed E-state index contributed by atoms with van der Waals surface area (Å²) in [6.07, 6.45) is 5.53. The molecule has 3 heterocycles. The lowest BCUT2D eigenvalue weighted by atomic mass is 9.99. The second-order valence-corrected chi connectivity index (χ2v) is 6.55. The van der Waals surface area contributed by atoms with Gasteiger partial charge in [-0.1, -0.05) is 6.08 Å². The van der Waals surface area contributed by atoms with Crippen molar-refractivity contribution in [2.24, 2.45) is 0 Å². The van der Waals surface area contributed by atoms with Gasteiger partial charge in [0, 0.05) is 37.8 Å². The molecule has 98 valence electrons. The van der Waals surface area contributed by atoms with E-state index in [1.54, 1.807) is 0 Å². The van der Waals surface area contributed by atoms with Gasteiger partial charge in [-0.15, -0.1) is 11.3 Å². The minimum absolute atomic E-state index is 0.674. The molecule has 0 aromatic carbocycles. The van der Waals surface area contributed by atoms with Gasteiger partial charge in [-0.25, -0.2) is 4.98 Å². The Kier molecular flexibility index (Phi) is 3.50. The number of hydrogen-bond acceptors (Lipinski definition) is 4. The summed E-state index contributed by atoms with van der Waals surface area (Å²) >= 11 is 1.90. The van der Waals surface area contributed by atoms with E-state index >= 15 is 0 Å². The van der Waals surface area contributed by atoms with Crippen molar-refractivity contribution in [3.63, 3.8) is 0 Å². The van der Waals surface area contributed by atoms with E-state index in [1.807, 2.05) is 11.3 Å². The van der Waals surface area contributed by atoms with Crippen LogP contribution in [0.2, 0.25) is 0 Å². The molecule has 0 unspecified atom stereocenters. The van der Waals surface area contributed by atoms with Gasteiger partial charge in [0.2, 0.25) is 0 Å². The topological polar surface area (TPSA) is 28.2 Å². The molecule has 0 saturated carbocycles. The highest BCUT2D eigenvalue weighted by Gasteiger charge is 2.31. The van der Waals surface area contributed by atoms with Crippen LogP contribution in [0.5, 0.6) is 0 Å². The Morgan fingerprint density at radius 2 is 2.28 bits per heavy atom. The number of thiazole rings is 1. The fourth-order valence-corrected chi connectivity index (χ4v) is 3.63. The maximum Gasteiger partial charge on any atom is 0.0987 e. The highest BCUT2D eigenvalue weighted by molar-refractivity contribution is 7.12. The van der Waals surface area contributed by atoms with E-state index in [0.717, 1.165) is 19.5 Å². The fraction of sp³-hybridized carbons (Fsp3) is 0.643. The molecule has 1 aromatic heterocycles. The smallest absolute Gasteiger partial charge is 0.0987 e. The van der Waals surface area contributed by atoms with Crippen LogP contribution in [0.1, 0.15) is 36.1 Å². The molecule has 3 rings (SSSR count). The van der Waals surface area contributed by atoms with Gasteiger partial charge in [-0.3, -0.25) is 4.90 Å². The molecule has 2 aliphatic rings. The van der Waals surface area contributed by atoms with Crippen LogP contribution in [-0.4, -0.2) is 42.1 Å². The summed E-state index contributed by atoms with van der Waals surface area (Å²) in [6.45, 7) is 9.01. The van der Waals surface area contributed by atoms with Crippen molar-refractivity contribution in [1.82, 2.24) is 15.2 Å². The minimum Gasteiger partial charge on any atom is -0.313 e. The first-order chi connectivity index (χ1) is 8.74. The van der Waals surface area contributed by atoms with E-state index in [2.05, 4.69) is 41.3 Å². The van der Waals surface area contributed by atoms with E-state index < -0.39 is 0 Å². The normalized spacial score (nSPS) is 22.1. The predicted octanol–water partition coefficient (Wildman–Crippen LogP) is 2.33. The molecular formula is C14H21N3S. The largest absolute Gasteiger partial charge is 0.313 e. The third-order valence-electron chi connectivity index (χ3n) is 3.89. The Morgan fingerprint density at radius 1 is 1.44 bits per heavy atom. The summed E-state index contributed by atoms with van der Waals surface area (Å²) in [7, 11) is 0. The Hall–Kier alpha value is -0.710. The molecule has 0 bridgehead atoms. The summed E-state index contributed by atoms with van der Waals surface area (Å²) in [5.41, 5.74) is 1.48. The van der Waals surface area contributed by atoms with E-state index in [4.69, 9.17) is 0 Å². The van der Waals surface area contributed by atoms with Gasteiger partial charge in [0.25, 0.3) is 0 Å². The monoisotopic (exact) mass is 263 g/mol. The highest BCUT2D eigenvalue weighted by Crippen LogP contribution is 2.34. The van der Waals surface area contributed by atoms with Crippen molar-refractivity contribution in [2.75, 3.05) is 26.2 Å². The quantitative estimate of drug-likeness (QED) is 0.907. The number of rotatable bonds is 3. The van der Waals surface area contributed by atoms with Crippen molar-refractivity contribution in [1.29, 1.82) is 0 Å². The summed E-state index contributed by atoms with van der Waals surface area (Å²) in [4.78, 5) is 8.53. The molecule has 18 heavy (non-hydrogen) atoms.